The minimum atomic E-state index is 0.526. The number of aromatic nitrogens is 1. The number of nitrogens with one attached hydrogen (secondary N) is 2. The lowest BCUT2D eigenvalue weighted by atomic mass is 10.3. The van der Waals surface area contributed by atoms with E-state index >= 15 is 0 Å². The molecule has 0 aliphatic heterocycles. The summed E-state index contributed by atoms with van der Waals surface area (Å²) in [7, 11) is 0. The van der Waals surface area contributed by atoms with Gasteiger partial charge in [0.2, 0.25) is 0 Å². The average molecular weight is 208 g/mol. The van der Waals surface area contributed by atoms with Crippen molar-refractivity contribution in [2.45, 2.75) is 6.92 Å². The van der Waals surface area contributed by atoms with E-state index in [4.69, 9.17) is 12.2 Å². The summed E-state index contributed by atoms with van der Waals surface area (Å²) in [6.45, 7) is 2.76. The molecular weight excluding hydrogens is 196 g/mol. The summed E-state index contributed by atoms with van der Waals surface area (Å²) in [5.41, 5.74) is 3.68. The van der Waals surface area contributed by atoms with Crippen molar-refractivity contribution < 1.29 is 0 Å². The molecule has 0 amide bonds. The van der Waals surface area contributed by atoms with Gasteiger partial charge in [-0.05, 0) is 36.8 Å². The largest absolute Gasteiger partial charge is 0.362 e. The zero-order chi connectivity index (χ0) is 10.2. The van der Waals surface area contributed by atoms with E-state index < -0.39 is 0 Å². The highest BCUT2D eigenvalue weighted by Crippen LogP contribution is 1.89. The maximum atomic E-state index is 4.92. The van der Waals surface area contributed by atoms with Crippen LogP contribution in [-0.2, 0) is 0 Å². The second kappa shape index (κ2) is 6.04. The van der Waals surface area contributed by atoms with Gasteiger partial charge in [-0.25, -0.2) is 0 Å². The third-order valence-electron chi connectivity index (χ3n) is 1.42. The zero-order valence-electron chi connectivity index (χ0n) is 7.90. The van der Waals surface area contributed by atoms with E-state index in [-0.39, 0.29) is 0 Å². The van der Waals surface area contributed by atoms with Gasteiger partial charge in [0.15, 0.2) is 5.11 Å². The Morgan fingerprint density at radius 3 is 2.93 bits per heavy atom. The van der Waals surface area contributed by atoms with Crippen molar-refractivity contribution in [2.75, 3.05) is 6.54 Å². The highest BCUT2D eigenvalue weighted by atomic mass is 32.1. The number of hydrogen-bond donors (Lipinski definition) is 2. The van der Waals surface area contributed by atoms with Crippen molar-refractivity contribution in [1.29, 1.82) is 0 Å². The molecule has 0 aromatic carbocycles. The van der Waals surface area contributed by atoms with Gasteiger partial charge in [0.1, 0.15) is 0 Å². The van der Waals surface area contributed by atoms with Crippen LogP contribution in [0.25, 0.3) is 0 Å². The van der Waals surface area contributed by atoms with Crippen molar-refractivity contribution >= 4 is 23.5 Å². The Bertz CT molecular complexity index is 310. The molecule has 0 aliphatic rings. The fraction of sp³-hybridized carbons (Fsp3) is 0.222. The lowest BCUT2D eigenvalue weighted by Gasteiger charge is -2.02. The molecular formula is C9H12N4S. The Labute approximate surface area is 88.4 Å². The summed E-state index contributed by atoms with van der Waals surface area (Å²) < 4.78 is 0. The highest BCUT2D eigenvalue weighted by Gasteiger charge is 1.87. The third kappa shape index (κ3) is 3.95. The normalized spacial score (nSPS) is 10.1. The molecule has 74 valence electrons. The number of rotatable bonds is 3. The first kappa shape index (κ1) is 10.6. The molecule has 2 N–H and O–H groups in total. The molecule has 0 saturated carbocycles. The van der Waals surface area contributed by atoms with Gasteiger partial charge in [-0.1, -0.05) is 0 Å². The van der Waals surface area contributed by atoms with Crippen LogP contribution < -0.4 is 10.7 Å². The maximum absolute atomic E-state index is 4.92. The van der Waals surface area contributed by atoms with E-state index in [1.807, 2.05) is 19.1 Å². The van der Waals surface area contributed by atoms with Crippen molar-refractivity contribution in [3.05, 3.63) is 30.1 Å². The fourth-order valence-electron chi connectivity index (χ4n) is 0.815. The van der Waals surface area contributed by atoms with Crippen LogP contribution in [0.15, 0.2) is 29.6 Å². The Morgan fingerprint density at radius 1 is 1.57 bits per heavy atom. The first-order valence-electron chi connectivity index (χ1n) is 4.30. The van der Waals surface area contributed by atoms with Gasteiger partial charge in [0.25, 0.3) is 0 Å². The summed E-state index contributed by atoms with van der Waals surface area (Å²) in [6, 6.07) is 3.73. The number of thiocarbonyl (C=S) groups is 1. The predicted octanol–water partition coefficient (Wildman–Crippen LogP) is 0.900. The molecule has 1 aromatic heterocycles. The second-order valence-electron chi connectivity index (χ2n) is 2.51. The summed E-state index contributed by atoms with van der Waals surface area (Å²) >= 11 is 4.92. The van der Waals surface area contributed by atoms with Crippen LogP contribution in [-0.4, -0.2) is 22.9 Å². The summed E-state index contributed by atoms with van der Waals surface area (Å²) in [4.78, 5) is 3.90. The van der Waals surface area contributed by atoms with Gasteiger partial charge in [0.05, 0.1) is 6.21 Å². The Hall–Kier alpha value is -1.49. The first-order chi connectivity index (χ1) is 6.83. The summed E-state index contributed by atoms with van der Waals surface area (Å²) in [6.07, 6.45) is 5.11. The second-order valence-corrected chi connectivity index (χ2v) is 2.92. The van der Waals surface area contributed by atoms with Crippen LogP contribution in [0, 0.1) is 0 Å². The van der Waals surface area contributed by atoms with E-state index in [0.717, 1.165) is 12.1 Å². The van der Waals surface area contributed by atoms with Crippen LogP contribution in [0.5, 0.6) is 0 Å². The van der Waals surface area contributed by atoms with Gasteiger partial charge < -0.3 is 5.32 Å². The number of hydrazone groups is 1. The van der Waals surface area contributed by atoms with Gasteiger partial charge in [-0.15, -0.1) is 0 Å². The van der Waals surface area contributed by atoms with Gasteiger partial charge in [-0.3, -0.25) is 10.4 Å². The molecule has 5 heteroatoms. The Morgan fingerprint density at radius 2 is 2.29 bits per heavy atom. The molecule has 0 saturated heterocycles. The van der Waals surface area contributed by atoms with Crippen LogP contribution in [0.2, 0.25) is 0 Å². The van der Waals surface area contributed by atoms with Crippen LogP contribution in [0.1, 0.15) is 12.5 Å². The molecule has 14 heavy (non-hydrogen) atoms. The molecule has 0 radical (unpaired) electrons. The third-order valence-corrected chi connectivity index (χ3v) is 1.66. The molecule has 0 atom stereocenters. The van der Waals surface area contributed by atoms with Crippen LogP contribution >= 0.6 is 12.2 Å². The van der Waals surface area contributed by atoms with E-state index in [9.17, 15) is 0 Å². The van der Waals surface area contributed by atoms with E-state index in [1.54, 1.807) is 18.6 Å². The molecule has 0 fully saturated rings. The van der Waals surface area contributed by atoms with Crippen LogP contribution in [0.3, 0.4) is 0 Å². The number of pyridine rings is 1. The topological polar surface area (TPSA) is 49.3 Å². The minimum Gasteiger partial charge on any atom is -0.362 e. The lowest BCUT2D eigenvalue weighted by molar-refractivity contribution is 0.904. The molecule has 0 bridgehead atoms. The van der Waals surface area contributed by atoms with Crippen LogP contribution in [0.4, 0.5) is 0 Å². The average Bonchev–Trinajstić information content (AvgIpc) is 2.20. The van der Waals surface area contributed by atoms with E-state index in [1.165, 1.54) is 0 Å². The first-order valence-corrected chi connectivity index (χ1v) is 4.70. The lowest BCUT2D eigenvalue weighted by Crippen LogP contribution is -2.31. The minimum absolute atomic E-state index is 0.526. The molecule has 0 unspecified atom stereocenters. The fourth-order valence-corrected chi connectivity index (χ4v) is 1.01. The van der Waals surface area contributed by atoms with Crippen molar-refractivity contribution in [3.8, 4) is 0 Å². The van der Waals surface area contributed by atoms with Crippen molar-refractivity contribution in [2.24, 2.45) is 5.10 Å². The van der Waals surface area contributed by atoms with Gasteiger partial charge in [-0.2, -0.15) is 5.10 Å². The zero-order valence-corrected chi connectivity index (χ0v) is 8.71. The van der Waals surface area contributed by atoms with Crippen molar-refractivity contribution in [3.63, 3.8) is 0 Å². The Balaban J connectivity index is 2.38. The quantitative estimate of drug-likeness (QED) is 0.440. The van der Waals surface area contributed by atoms with Gasteiger partial charge >= 0.3 is 0 Å². The highest BCUT2D eigenvalue weighted by molar-refractivity contribution is 7.80. The van der Waals surface area contributed by atoms with Crippen molar-refractivity contribution in [1.82, 2.24) is 15.7 Å². The predicted molar refractivity (Wildman–Crippen MR) is 61.2 cm³/mol. The van der Waals surface area contributed by atoms with E-state index in [0.29, 0.717) is 5.11 Å². The molecule has 1 aromatic rings. The summed E-state index contributed by atoms with van der Waals surface area (Å²) in [5, 5.41) is 7.41. The summed E-state index contributed by atoms with van der Waals surface area (Å²) in [5.74, 6) is 0. The molecule has 4 nitrogen and oxygen atoms in total. The monoisotopic (exact) mass is 208 g/mol. The standard InChI is InChI=1S/C9H12N4S/c1-2-11-9(14)13-12-7-8-3-5-10-6-4-8/h3-7H,2H2,1H3,(H2,11,13,14)/b12-7+. The van der Waals surface area contributed by atoms with Gasteiger partial charge in [0, 0.05) is 18.9 Å². The number of nitrogens with zero attached hydrogens (tertiary/aromatic N) is 2. The molecule has 0 spiro atoms. The molecule has 1 rings (SSSR count). The van der Waals surface area contributed by atoms with E-state index in [2.05, 4.69) is 20.8 Å². The molecule has 1 heterocycles. The molecule has 0 aliphatic carbocycles. The number of hydrogen-bond acceptors (Lipinski definition) is 3. The Kier molecular flexibility index (Phi) is 4.57. The SMILES string of the molecule is CCNC(=S)N/N=C/c1ccncc1. The maximum Gasteiger partial charge on any atom is 0.186 e. The smallest absolute Gasteiger partial charge is 0.186 e.